The smallest absolute Gasteiger partial charge is 0.250 e. The van der Waals surface area contributed by atoms with E-state index < -0.39 is 5.91 Å². The number of hydrogen-bond donors (Lipinski definition) is 2. The molecule has 2 aromatic rings. The minimum Gasteiger partial charge on any atom is -0.366 e. The molecular formula is C17H17ClN2O2S. The highest BCUT2D eigenvalue weighted by atomic mass is 35.5. The number of carbonyl (C=O) groups is 2. The summed E-state index contributed by atoms with van der Waals surface area (Å²) in [5, 5.41) is 3.16. The number of rotatable bonds is 6. The Morgan fingerprint density at radius 1 is 1.17 bits per heavy atom. The number of thioether (sulfide) groups is 1. The molecule has 0 bridgehead atoms. The Labute approximate surface area is 144 Å². The number of nitrogens with two attached hydrogens (primary N) is 1. The summed E-state index contributed by atoms with van der Waals surface area (Å²) in [7, 11) is 0. The van der Waals surface area contributed by atoms with E-state index in [1.54, 1.807) is 36.4 Å². The minimum atomic E-state index is -0.570. The van der Waals surface area contributed by atoms with Crippen LogP contribution in [0, 0.1) is 0 Å². The van der Waals surface area contributed by atoms with E-state index in [2.05, 4.69) is 5.32 Å². The molecule has 1 unspecified atom stereocenters. The summed E-state index contributed by atoms with van der Waals surface area (Å²) in [5.74, 6) is -0.736. The van der Waals surface area contributed by atoms with Crippen LogP contribution in [0.25, 0.3) is 0 Å². The Balaban J connectivity index is 2.11. The monoisotopic (exact) mass is 348 g/mol. The molecule has 0 saturated heterocycles. The number of para-hydroxylation sites is 1. The molecule has 0 aliphatic carbocycles. The number of anilines is 1. The zero-order chi connectivity index (χ0) is 16.8. The van der Waals surface area contributed by atoms with E-state index in [1.165, 1.54) is 11.8 Å². The molecule has 2 aromatic carbocycles. The lowest BCUT2D eigenvalue weighted by Crippen LogP contribution is -2.26. The first kappa shape index (κ1) is 17.4. The summed E-state index contributed by atoms with van der Waals surface area (Å²) in [4.78, 5) is 24.9. The maximum atomic E-state index is 12.5. The third-order valence-corrected chi connectivity index (χ3v) is 4.83. The van der Waals surface area contributed by atoms with Crippen LogP contribution >= 0.6 is 23.4 Å². The van der Waals surface area contributed by atoms with Crippen molar-refractivity contribution in [3.05, 3.63) is 59.1 Å². The van der Waals surface area contributed by atoms with Gasteiger partial charge in [-0.3, -0.25) is 9.59 Å². The van der Waals surface area contributed by atoms with Crippen molar-refractivity contribution in [2.75, 3.05) is 5.32 Å². The number of halogens is 1. The van der Waals surface area contributed by atoms with Gasteiger partial charge in [0.25, 0.3) is 5.91 Å². The number of hydrogen-bond acceptors (Lipinski definition) is 3. The van der Waals surface area contributed by atoms with E-state index in [-0.39, 0.29) is 11.2 Å². The highest BCUT2D eigenvalue weighted by molar-refractivity contribution is 8.00. The average molecular weight is 349 g/mol. The molecule has 3 N–H and O–H groups in total. The van der Waals surface area contributed by atoms with Crippen LogP contribution in [0.4, 0.5) is 5.69 Å². The topological polar surface area (TPSA) is 72.2 Å². The maximum absolute atomic E-state index is 12.5. The summed E-state index contributed by atoms with van der Waals surface area (Å²) in [6, 6.07) is 14.0. The van der Waals surface area contributed by atoms with Gasteiger partial charge in [-0.05, 0) is 42.8 Å². The van der Waals surface area contributed by atoms with Crippen molar-refractivity contribution in [2.45, 2.75) is 23.5 Å². The molecule has 0 saturated carbocycles. The molecule has 0 radical (unpaired) electrons. The van der Waals surface area contributed by atoms with Crippen LogP contribution in [-0.2, 0) is 4.79 Å². The lowest BCUT2D eigenvalue weighted by Gasteiger charge is -2.16. The predicted molar refractivity (Wildman–Crippen MR) is 95.0 cm³/mol. The molecule has 0 aliphatic heterocycles. The summed E-state index contributed by atoms with van der Waals surface area (Å²) in [5.41, 5.74) is 6.06. The molecule has 0 aromatic heterocycles. The van der Waals surface area contributed by atoms with Crippen molar-refractivity contribution in [1.29, 1.82) is 0 Å². The average Bonchev–Trinajstić information content (AvgIpc) is 2.54. The van der Waals surface area contributed by atoms with Gasteiger partial charge in [-0.25, -0.2) is 0 Å². The quantitative estimate of drug-likeness (QED) is 0.776. The maximum Gasteiger partial charge on any atom is 0.250 e. The van der Waals surface area contributed by atoms with Gasteiger partial charge in [-0.2, -0.15) is 0 Å². The largest absolute Gasteiger partial charge is 0.366 e. The number of nitrogens with one attached hydrogen (secondary N) is 1. The van der Waals surface area contributed by atoms with Gasteiger partial charge in [0.1, 0.15) is 0 Å². The van der Waals surface area contributed by atoms with Crippen molar-refractivity contribution < 1.29 is 9.59 Å². The molecule has 0 fully saturated rings. The van der Waals surface area contributed by atoms with Gasteiger partial charge in [-0.1, -0.05) is 30.7 Å². The zero-order valence-corrected chi connectivity index (χ0v) is 14.2. The number of carbonyl (C=O) groups excluding carboxylic acids is 2. The van der Waals surface area contributed by atoms with Gasteiger partial charge in [0.15, 0.2) is 0 Å². The second-order valence-corrected chi connectivity index (χ2v) is 6.58. The molecule has 0 heterocycles. The van der Waals surface area contributed by atoms with Crippen molar-refractivity contribution in [2.24, 2.45) is 5.73 Å². The van der Waals surface area contributed by atoms with Crippen molar-refractivity contribution in [3.8, 4) is 0 Å². The Kier molecular flexibility index (Phi) is 6.07. The first-order valence-corrected chi connectivity index (χ1v) is 8.39. The summed E-state index contributed by atoms with van der Waals surface area (Å²) < 4.78 is 0. The van der Waals surface area contributed by atoms with Crippen LogP contribution in [0.5, 0.6) is 0 Å². The fourth-order valence-corrected chi connectivity index (χ4v) is 3.10. The standard InChI is InChI=1S/C17H17ClN2O2S/c1-2-15(23-12-9-7-11(18)8-10-12)17(22)20-14-6-4-3-5-13(14)16(19)21/h3-10,15H,2H2,1H3,(H2,19,21)(H,20,22). The summed E-state index contributed by atoms with van der Waals surface area (Å²) in [6.07, 6.45) is 0.651. The second kappa shape index (κ2) is 8.04. The minimum absolute atomic E-state index is 0.166. The Hall–Kier alpha value is -1.98. The first-order valence-electron chi connectivity index (χ1n) is 7.13. The fraction of sp³-hybridized carbons (Fsp3) is 0.176. The number of amides is 2. The second-order valence-electron chi connectivity index (χ2n) is 4.87. The summed E-state index contributed by atoms with van der Waals surface area (Å²) in [6.45, 7) is 1.94. The van der Waals surface area contributed by atoms with Gasteiger partial charge in [0.05, 0.1) is 16.5 Å². The number of primary amides is 1. The molecule has 4 nitrogen and oxygen atoms in total. The molecule has 0 spiro atoms. The van der Waals surface area contributed by atoms with E-state index in [4.69, 9.17) is 17.3 Å². The predicted octanol–water partition coefficient (Wildman–Crippen LogP) is 3.95. The highest BCUT2D eigenvalue weighted by Crippen LogP contribution is 2.28. The van der Waals surface area contributed by atoms with Crippen molar-refractivity contribution in [3.63, 3.8) is 0 Å². The third kappa shape index (κ3) is 4.74. The van der Waals surface area contributed by atoms with Gasteiger partial charge < -0.3 is 11.1 Å². The number of benzene rings is 2. The summed E-state index contributed by atoms with van der Waals surface area (Å²) >= 11 is 7.32. The third-order valence-electron chi connectivity index (χ3n) is 3.21. The van der Waals surface area contributed by atoms with E-state index in [9.17, 15) is 9.59 Å². The van der Waals surface area contributed by atoms with Gasteiger partial charge in [-0.15, -0.1) is 11.8 Å². The van der Waals surface area contributed by atoms with E-state index in [0.717, 1.165) is 4.90 Å². The normalized spacial score (nSPS) is 11.7. The van der Waals surface area contributed by atoms with E-state index in [0.29, 0.717) is 22.7 Å². The van der Waals surface area contributed by atoms with Crippen LogP contribution in [0.15, 0.2) is 53.4 Å². The first-order chi connectivity index (χ1) is 11.0. The molecule has 2 amide bonds. The molecule has 2 rings (SSSR count). The van der Waals surface area contributed by atoms with Gasteiger partial charge >= 0.3 is 0 Å². The SMILES string of the molecule is CCC(Sc1ccc(Cl)cc1)C(=O)Nc1ccccc1C(N)=O. The van der Waals surface area contributed by atoms with E-state index >= 15 is 0 Å². The molecule has 120 valence electrons. The Bertz CT molecular complexity index is 704. The van der Waals surface area contributed by atoms with Gasteiger partial charge in [0.2, 0.25) is 5.91 Å². The van der Waals surface area contributed by atoms with E-state index in [1.807, 2.05) is 19.1 Å². The van der Waals surface area contributed by atoms with Crippen LogP contribution < -0.4 is 11.1 Å². The Morgan fingerprint density at radius 2 is 1.83 bits per heavy atom. The lowest BCUT2D eigenvalue weighted by atomic mass is 10.1. The van der Waals surface area contributed by atoms with Gasteiger partial charge in [0, 0.05) is 9.92 Å². The van der Waals surface area contributed by atoms with Crippen molar-refractivity contribution in [1.82, 2.24) is 0 Å². The lowest BCUT2D eigenvalue weighted by molar-refractivity contribution is -0.115. The van der Waals surface area contributed by atoms with Crippen LogP contribution in [-0.4, -0.2) is 17.1 Å². The molecular weight excluding hydrogens is 332 g/mol. The van der Waals surface area contributed by atoms with Crippen LogP contribution in [0.3, 0.4) is 0 Å². The van der Waals surface area contributed by atoms with Crippen LogP contribution in [0.2, 0.25) is 5.02 Å². The highest BCUT2D eigenvalue weighted by Gasteiger charge is 2.19. The fourth-order valence-electron chi connectivity index (χ4n) is 2.02. The Morgan fingerprint density at radius 3 is 2.43 bits per heavy atom. The molecule has 1 atom stereocenters. The van der Waals surface area contributed by atoms with Crippen LogP contribution in [0.1, 0.15) is 23.7 Å². The molecule has 6 heteroatoms. The molecule has 23 heavy (non-hydrogen) atoms. The molecule has 0 aliphatic rings. The zero-order valence-electron chi connectivity index (χ0n) is 12.6. The van der Waals surface area contributed by atoms with Crippen molar-refractivity contribution >= 4 is 40.9 Å².